The first-order valence-corrected chi connectivity index (χ1v) is 4.81. The molecule has 90 valence electrons. The van der Waals surface area contributed by atoms with Crippen LogP contribution in [0.15, 0.2) is 12.1 Å². The van der Waals surface area contributed by atoms with Gasteiger partial charge in [0.05, 0.1) is 19.2 Å². The summed E-state index contributed by atoms with van der Waals surface area (Å²) in [4.78, 5) is 10.6. The van der Waals surface area contributed by atoms with Crippen molar-refractivity contribution >= 4 is 5.91 Å². The Labute approximate surface area is 97.8 Å². The van der Waals surface area contributed by atoms with E-state index >= 15 is 0 Å². The number of methoxy groups -OCH3 is 1. The molecular weight excluding hydrogens is 228 g/mol. The van der Waals surface area contributed by atoms with Crippen LogP contribution in [-0.2, 0) is 4.79 Å². The quantitative estimate of drug-likeness (QED) is 0.793. The van der Waals surface area contributed by atoms with Crippen molar-refractivity contribution in [2.45, 2.75) is 6.92 Å². The summed E-state index contributed by atoms with van der Waals surface area (Å²) in [7, 11) is 1.27. The lowest BCUT2D eigenvalue weighted by atomic mass is 10.2. The highest BCUT2D eigenvalue weighted by atomic mass is 19.1. The molecule has 0 aliphatic heterocycles. The molecule has 0 bridgehead atoms. The third-order valence-corrected chi connectivity index (χ3v) is 1.86. The summed E-state index contributed by atoms with van der Waals surface area (Å²) in [5.41, 5.74) is 0.107. The molecule has 5 heteroatoms. The van der Waals surface area contributed by atoms with Crippen molar-refractivity contribution in [3.05, 3.63) is 29.3 Å². The second-order valence-electron chi connectivity index (χ2n) is 3.18. The number of carbonyl (C=O) groups is 1. The zero-order valence-corrected chi connectivity index (χ0v) is 9.43. The molecule has 0 aromatic heterocycles. The predicted molar refractivity (Wildman–Crippen MR) is 58.5 cm³/mol. The summed E-state index contributed by atoms with van der Waals surface area (Å²) in [6.07, 6.45) is 0. The average molecular weight is 239 g/mol. The normalized spacial score (nSPS) is 9.18. The Kier molecular flexibility index (Phi) is 4.46. The summed E-state index contributed by atoms with van der Waals surface area (Å²) in [6.45, 7) is 1.46. The van der Waals surface area contributed by atoms with E-state index in [4.69, 9.17) is 4.74 Å². The standard InChI is InChI=1S/C12H11F2NO2/c1-8(16)15-5-3-4-9-6-10(13)7-11(14)12(9)17-2/h6-7H,5H2,1-2H3,(H,15,16). The van der Waals surface area contributed by atoms with Gasteiger partial charge in [-0.05, 0) is 6.07 Å². The molecule has 1 aromatic rings. The van der Waals surface area contributed by atoms with Crippen molar-refractivity contribution in [3.8, 4) is 17.6 Å². The van der Waals surface area contributed by atoms with Crippen molar-refractivity contribution in [2.24, 2.45) is 0 Å². The fourth-order valence-corrected chi connectivity index (χ4v) is 1.17. The van der Waals surface area contributed by atoms with E-state index in [0.717, 1.165) is 12.1 Å². The lowest BCUT2D eigenvalue weighted by Gasteiger charge is -2.04. The van der Waals surface area contributed by atoms with Crippen molar-refractivity contribution in [3.63, 3.8) is 0 Å². The van der Waals surface area contributed by atoms with Gasteiger partial charge in [0.15, 0.2) is 11.6 Å². The minimum atomic E-state index is -0.809. The van der Waals surface area contributed by atoms with Crippen LogP contribution in [0.1, 0.15) is 12.5 Å². The zero-order valence-electron chi connectivity index (χ0n) is 9.43. The topological polar surface area (TPSA) is 38.3 Å². The van der Waals surface area contributed by atoms with Crippen molar-refractivity contribution in [1.82, 2.24) is 5.32 Å². The number of ether oxygens (including phenoxy) is 1. The fourth-order valence-electron chi connectivity index (χ4n) is 1.17. The van der Waals surface area contributed by atoms with E-state index in [1.807, 2.05) is 0 Å². The number of benzene rings is 1. The maximum Gasteiger partial charge on any atom is 0.217 e. The number of amides is 1. The fraction of sp³-hybridized carbons (Fsp3) is 0.250. The summed E-state index contributed by atoms with van der Waals surface area (Å²) in [6, 6.07) is 1.79. The Morgan fingerprint density at radius 1 is 1.47 bits per heavy atom. The Hall–Kier alpha value is -2.09. The number of nitrogens with one attached hydrogen (secondary N) is 1. The summed E-state index contributed by atoms with van der Waals surface area (Å²) in [5, 5.41) is 2.44. The molecule has 0 aliphatic rings. The van der Waals surface area contributed by atoms with Gasteiger partial charge in [-0.15, -0.1) is 0 Å². The molecular formula is C12H11F2NO2. The van der Waals surface area contributed by atoms with Gasteiger partial charge >= 0.3 is 0 Å². The average Bonchev–Trinajstić information content (AvgIpc) is 2.23. The SMILES string of the molecule is COc1c(F)cc(F)cc1C#CCNC(C)=O. The second kappa shape index (κ2) is 5.85. The van der Waals surface area contributed by atoms with Crippen LogP contribution in [-0.4, -0.2) is 19.6 Å². The van der Waals surface area contributed by atoms with Gasteiger partial charge in [-0.3, -0.25) is 4.79 Å². The first-order chi connectivity index (χ1) is 8.04. The van der Waals surface area contributed by atoms with Gasteiger partial charge in [-0.2, -0.15) is 0 Å². The van der Waals surface area contributed by atoms with E-state index in [1.165, 1.54) is 14.0 Å². The van der Waals surface area contributed by atoms with Crippen LogP contribution in [0.3, 0.4) is 0 Å². The molecule has 1 N–H and O–H groups in total. The third-order valence-electron chi connectivity index (χ3n) is 1.86. The molecule has 0 atom stereocenters. The summed E-state index contributed by atoms with van der Waals surface area (Å²) < 4.78 is 31.0. The number of carbonyl (C=O) groups excluding carboxylic acids is 1. The van der Waals surface area contributed by atoms with Gasteiger partial charge in [-0.25, -0.2) is 8.78 Å². The molecule has 3 nitrogen and oxygen atoms in total. The summed E-state index contributed by atoms with van der Waals surface area (Å²) >= 11 is 0. The molecule has 17 heavy (non-hydrogen) atoms. The summed E-state index contributed by atoms with van der Waals surface area (Å²) in [5.74, 6) is 3.23. The molecule has 0 heterocycles. The Morgan fingerprint density at radius 2 is 2.18 bits per heavy atom. The second-order valence-corrected chi connectivity index (χ2v) is 3.18. The van der Waals surface area contributed by atoms with E-state index in [-0.39, 0.29) is 23.8 Å². The largest absolute Gasteiger partial charge is 0.492 e. The number of rotatable bonds is 2. The lowest BCUT2D eigenvalue weighted by Crippen LogP contribution is -2.19. The van der Waals surface area contributed by atoms with Gasteiger partial charge in [0.25, 0.3) is 0 Å². The van der Waals surface area contributed by atoms with Crippen LogP contribution in [0.25, 0.3) is 0 Å². The molecule has 0 unspecified atom stereocenters. The molecule has 0 radical (unpaired) electrons. The number of halogens is 2. The maximum absolute atomic E-state index is 13.2. The van der Waals surface area contributed by atoms with Gasteiger partial charge in [0.2, 0.25) is 5.91 Å². The first kappa shape index (κ1) is 13.0. The van der Waals surface area contributed by atoms with Gasteiger partial charge in [-0.1, -0.05) is 11.8 Å². The van der Waals surface area contributed by atoms with E-state index in [2.05, 4.69) is 17.2 Å². The predicted octanol–water partition coefficient (Wildman–Crippen LogP) is 1.46. The van der Waals surface area contributed by atoms with E-state index in [0.29, 0.717) is 0 Å². The zero-order chi connectivity index (χ0) is 12.8. The van der Waals surface area contributed by atoms with Crippen LogP contribution >= 0.6 is 0 Å². The molecule has 0 saturated heterocycles. The van der Waals surface area contributed by atoms with Gasteiger partial charge in [0.1, 0.15) is 5.82 Å². The van der Waals surface area contributed by atoms with Crippen molar-refractivity contribution < 1.29 is 18.3 Å². The van der Waals surface area contributed by atoms with E-state index < -0.39 is 11.6 Å². The van der Waals surface area contributed by atoms with Gasteiger partial charge < -0.3 is 10.1 Å². The highest BCUT2D eigenvalue weighted by molar-refractivity contribution is 5.73. The Morgan fingerprint density at radius 3 is 2.76 bits per heavy atom. The molecule has 1 rings (SSSR count). The van der Waals surface area contributed by atoms with Crippen LogP contribution in [0.5, 0.6) is 5.75 Å². The first-order valence-electron chi connectivity index (χ1n) is 4.81. The molecule has 1 aromatic carbocycles. The maximum atomic E-state index is 13.2. The molecule has 0 aliphatic carbocycles. The van der Waals surface area contributed by atoms with E-state index in [9.17, 15) is 13.6 Å². The number of hydrogen-bond donors (Lipinski definition) is 1. The van der Waals surface area contributed by atoms with Crippen LogP contribution in [0.4, 0.5) is 8.78 Å². The Bertz CT molecular complexity index is 489. The molecule has 0 fully saturated rings. The highest BCUT2D eigenvalue weighted by Crippen LogP contribution is 2.22. The van der Waals surface area contributed by atoms with Crippen LogP contribution in [0.2, 0.25) is 0 Å². The minimum Gasteiger partial charge on any atom is -0.492 e. The van der Waals surface area contributed by atoms with Crippen molar-refractivity contribution in [2.75, 3.05) is 13.7 Å². The highest BCUT2D eigenvalue weighted by Gasteiger charge is 2.09. The van der Waals surface area contributed by atoms with E-state index in [1.54, 1.807) is 0 Å². The van der Waals surface area contributed by atoms with Crippen LogP contribution in [0, 0.1) is 23.5 Å². The Balaban J connectivity index is 2.93. The molecule has 1 amide bonds. The van der Waals surface area contributed by atoms with Crippen LogP contribution < -0.4 is 10.1 Å². The monoisotopic (exact) mass is 239 g/mol. The third kappa shape index (κ3) is 3.76. The lowest BCUT2D eigenvalue weighted by molar-refractivity contribution is -0.118. The minimum absolute atomic E-state index is 0.107. The van der Waals surface area contributed by atoms with Crippen molar-refractivity contribution in [1.29, 1.82) is 0 Å². The molecule has 0 spiro atoms. The van der Waals surface area contributed by atoms with Gasteiger partial charge in [0, 0.05) is 13.0 Å². The molecule has 0 saturated carbocycles. The smallest absolute Gasteiger partial charge is 0.217 e. The number of hydrogen-bond acceptors (Lipinski definition) is 2.